The minimum atomic E-state index is -0.658. The van der Waals surface area contributed by atoms with Crippen LogP contribution in [-0.4, -0.2) is 32.7 Å². The molecule has 0 aliphatic rings. The second kappa shape index (κ2) is 9.80. The van der Waals surface area contributed by atoms with Gasteiger partial charge in [-0.05, 0) is 35.2 Å². The molecule has 0 saturated heterocycles. The Kier molecular flexibility index (Phi) is 6.93. The number of rotatable bonds is 7. The van der Waals surface area contributed by atoms with Crippen LogP contribution in [0.15, 0.2) is 60.7 Å². The van der Waals surface area contributed by atoms with Gasteiger partial charge < -0.3 is 19.5 Å². The van der Waals surface area contributed by atoms with Crippen molar-refractivity contribution in [3.8, 4) is 11.5 Å². The fraction of sp³-hybridized carbons (Fsp3) is 0.130. The second-order valence-corrected chi connectivity index (χ2v) is 6.66. The van der Waals surface area contributed by atoms with Gasteiger partial charge in [0.15, 0.2) is 18.1 Å². The van der Waals surface area contributed by atoms with E-state index in [9.17, 15) is 9.59 Å². The van der Waals surface area contributed by atoms with Crippen LogP contribution in [-0.2, 0) is 14.3 Å². The third-order valence-corrected chi connectivity index (χ3v) is 4.56. The van der Waals surface area contributed by atoms with E-state index in [0.717, 1.165) is 10.8 Å². The Labute approximate surface area is 179 Å². The highest BCUT2D eigenvalue weighted by atomic mass is 35.5. The van der Waals surface area contributed by atoms with Crippen LogP contribution in [0, 0.1) is 0 Å². The van der Waals surface area contributed by atoms with Crippen molar-refractivity contribution in [1.29, 1.82) is 0 Å². The summed E-state index contributed by atoms with van der Waals surface area (Å²) in [5.74, 6) is -0.243. The molecule has 0 aliphatic carbocycles. The van der Waals surface area contributed by atoms with Gasteiger partial charge in [0.2, 0.25) is 0 Å². The van der Waals surface area contributed by atoms with E-state index in [1.807, 2.05) is 36.4 Å². The monoisotopic (exact) mass is 425 g/mol. The minimum Gasteiger partial charge on any atom is -0.493 e. The number of benzene rings is 3. The smallest absolute Gasteiger partial charge is 0.331 e. The zero-order valence-corrected chi connectivity index (χ0v) is 17.2. The average Bonchev–Trinajstić information content (AvgIpc) is 2.76. The molecule has 0 fully saturated rings. The summed E-state index contributed by atoms with van der Waals surface area (Å²) in [6.07, 6.45) is 2.72. The molecule has 1 N–H and O–H groups in total. The van der Waals surface area contributed by atoms with Crippen molar-refractivity contribution in [2.45, 2.75) is 0 Å². The Morgan fingerprint density at radius 3 is 2.57 bits per heavy atom. The van der Waals surface area contributed by atoms with Crippen molar-refractivity contribution in [1.82, 2.24) is 0 Å². The molecular formula is C23H20ClNO5. The van der Waals surface area contributed by atoms with Gasteiger partial charge in [0, 0.05) is 17.1 Å². The van der Waals surface area contributed by atoms with Crippen molar-refractivity contribution < 1.29 is 23.8 Å². The standard InChI is InChI=1S/C23H20ClNO5/c1-28-20-13-15(12-18(24)23(20)29-2)10-11-22(27)30-14-21(26)25-19-9-5-7-16-6-3-4-8-17(16)19/h3-13H,14H2,1-2H3,(H,25,26)/b11-10+. The van der Waals surface area contributed by atoms with Gasteiger partial charge >= 0.3 is 5.97 Å². The third-order valence-electron chi connectivity index (χ3n) is 4.28. The summed E-state index contributed by atoms with van der Waals surface area (Å²) < 4.78 is 15.4. The summed E-state index contributed by atoms with van der Waals surface area (Å²) in [4.78, 5) is 24.1. The van der Waals surface area contributed by atoms with Gasteiger partial charge in [0.25, 0.3) is 5.91 Å². The lowest BCUT2D eigenvalue weighted by atomic mass is 10.1. The number of hydrogen-bond donors (Lipinski definition) is 1. The molecule has 6 nitrogen and oxygen atoms in total. The number of carbonyl (C=O) groups excluding carboxylic acids is 2. The second-order valence-electron chi connectivity index (χ2n) is 6.25. The summed E-state index contributed by atoms with van der Waals surface area (Å²) in [7, 11) is 2.98. The van der Waals surface area contributed by atoms with Crippen LogP contribution in [0.1, 0.15) is 5.56 Å². The van der Waals surface area contributed by atoms with Crippen molar-refractivity contribution in [2.24, 2.45) is 0 Å². The molecule has 0 atom stereocenters. The lowest BCUT2D eigenvalue weighted by molar-refractivity contribution is -0.142. The molecule has 30 heavy (non-hydrogen) atoms. The highest BCUT2D eigenvalue weighted by Gasteiger charge is 2.11. The molecule has 3 aromatic carbocycles. The number of carbonyl (C=O) groups is 2. The lowest BCUT2D eigenvalue weighted by Gasteiger charge is -2.10. The maximum absolute atomic E-state index is 12.2. The number of nitrogens with one attached hydrogen (secondary N) is 1. The van der Waals surface area contributed by atoms with Crippen LogP contribution < -0.4 is 14.8 Å². The summed E-state index contributed by atoms with van der Waals surface area (Å²) in [6, 6.07) is 16.6. The molecule has 7 heteroatoms. The maximum atomic E-state index is 12.2. The third kappa shape index (κ3) is 5.10. The predicted molar refractivity (Wildman–Crippen MR) is 117 cm³/mol. The van der Waals surface area contributed by atoms with E-state index in [4.69, 9.17) is 25.8 Å². The number of fused-ring (bicyclic) bond motifs is 1. The number of halogens is 1. The first-order valence-corrected chi connectivity index (χ1v) is 9.43. The van der Waals surface area contributed by atoms with Crippen LogP contribution in [0.3, 0.4) is 0 Å². The normalized spacial score (nSPS) is 10.8. The lowest BCUT2D eigenvalue weighted by Crippen LogP contribution is -2.20. The molecule has 0 aliphatic heterocycles. The summed E-state index contributed by atoms with van der Waals surface area (Å²) >= 11 is 6.14. The molecule has 154 valence electrons. The fourth-order valence-electron chi connectivity index (χ4n) is 2.90. The number of anilines is 1. The number of esters is 1. The predicted octanol–water partition coefficient (Wildman–Crippen LogP) is 4.71. The molecule has 1 amide bonds. The van der Waals surface area contributed by atoms with Gasteiger partial charge in [-0.2, -0.15) is 0 Å². The Bertz CT molecular complexity index is 1100. The van der Waals surface area contributed by atoms with Crippen LogP contribution in [0.4, 0.5) is 5.69 Å². The topological polar surface area (TPSA) is 73.9 Å². The zero-order valence-electron chi connectivity index (χ0n) is 16.5. The Hall–Kier alpha value is -3.51. The molecule has 0 radical (unpaired) electrons. The number of ether oxygens (including phenoxy) is 3. The molecule has 0 heterocycles. The van der Waals surface area contributed by atoms with Gasteiger partial charge in [-0.25, -0.2) is 4.79 Å². The molecule has 0 saturated carbocycles. The summed E-state index contributed by atoms with van der Waals surface area (Å²) in [6.45, 7) is -0.404. The van der Waals surface area contributed by atoms with Gasteiger partial charge in [0.05, 0.1) is 19.2 Å². The van der Waals surface area contributed by atoms with E-state index in [1.165, 1.54) is 26.4 Å². The Morgan fingerprint density at radius 1 is 1.03 bits per heavy atom. The quantitative estimate of drug-likeness (QED) is 0.438. The largest absolute Gasteiger partial charge is 0.493 e. The van der Waals surface area contributed by atoms with Gasteiger partial charge in [0.1, 0.15) is 0 Å². The SMILES string of the molecule is COc1cc(/C=C/C(=O)OCC(=O)Nc2cccc3ccccc23)cc(Cl)c1OC. The molecule has 0 bridgehead atoms. The maximum Gasteiger partial charge on any atom is 0.331 e. The average molecular weight is 426 g/mol. The first kappa shape index (κ1) is 21.2. The number of methoxy groups -OCH3 is 2. The number of amides is 1. The van der Waals surface area contributed by atoms with Gasteiger partial charge in [-0.3, -0.25) is 4.79 Å². The van der Waals surface area contributed by atoms with Crippen molar-refractivity contribution >= 4 is 46.0 Å². The van der Waals surface area contributed by atoms with Crippen LogP contribution in [0.2, 0.25) is 5.02 Å². The molecule has 0 aromatic heterocycles. The van der Waals surface area contributed by atoms with E-state index in [2.05, 4.69) is 5.32 Å². The Balaban J connectivity index is 1.59. The van der Waals surface area contributed by atoms with Crippen molar-refractivity contribution in [3.05, 3.63) is 71.3 Å². The van der Waals surface area contributed by atoms with E-state index in [1.54, 1.807) is 18.2 Å². The molecule has 3 aromatic rings. The van der Waals surface area contributed by atoms with Gasteiger partial charge in [-0.15, -0.1) is 0 Å². The zero-order chi connectivity index (χ0) is 21.5. The summed E-state index contributed by atoms with van der Waals surface area (Å²) in [5, 5.41) is 5.02. The Morgan fingerprint density at radius 2 is 1.80 bits per heavy atom. The van der Waals surface area contributed by atoms with Gasteiger partial charge in [-0.1, -0.05) is 48.0 Å². The van der Waals surface area contributed by atoms with Crippen LogP contribution in [0.5, 0.6) is 11.5 Å². The van der Waals surface area contributed by atoms with E-state index < -0.39 is 18.5 Å². The highest BCUT2D eigenvalue weighted by Crippen LogP contribution is 2.36. The molecule has 0 unspecified atom stereocenters. The van der Waals surface area contributed by atoms with E-state index >= 15 is 0 Å². The molecular weight excluding hydrogens is 406 g/mol. The van der Waals surface area contributed by atoms with Crippen LogP contribution >= 0.6 is 11.6 Å². The minimum absolute atomic E-state index is 0.347. The molecule has 3 rings (SSSR count). The van der Waals surface area contributed by atoms with Crippen molar-refractivity contribution in [3.63, 3.8) is 0 Å². The van der Waals surface area contributed by atoms with E-state index in [-0.39, 0.29) is 0 Å². The molecule has 0 spiro atoms. The van der Waals surface area contributed by atoms with Crippen molar-refractivity contribution in [2.75, 3.05) is 26.1 Å². The highest BCUT2D eigenvalue weighted by molar-refractivity contribution is 6.32. The van der Waals surface area contributed by atoms with Crippen LogP contribution in [0.25, 0.3) is 16.8 Å². The number of hydrogen-bond acceptors (Lipinski definition) is 5. The fourth-order valence-corrected chi connectivity index (χ4v) is 3.20. The first-order valence-electron chi connectivity index (χ1n) is 9.06. The first-order chi connectivity index (χ1) is 14.5. The van der Waals surface area contributed by atoms with E-state index in [0.29, 0.717) is 27.8 Å². The summed E-state index contributed by atoms with van der Waals surface area (Å²) in [5.41, 5.74) is 1.28.